The van der Waals surface area contributed by atoms with Crippen molar-refractivity contribution in [3.63, 3.8) is 0 Å². The number of hydrogen-bond acceptors (Lipinski definition) is 2. The smallest absolute Gasteiger partial charge is 0.231 e. The fraction of sp³-hybridized carbons (Fsp3) is 0.364. The summed E-state index contributed by atoms with van der Waals surface area (Å²) in [6.45, 7) is 1.73. The van der Waals surface area contributed by atoms with Crippen LogP contribution in [0.5, 0.6) is 5.75 Å². The number of carbonyl (C=O) groups excluding carboxylic acids is 1. The molecule has 1 N–H and O–H groups in total. The van der Waals surface area contributed by atoms with Crippen molar-refractivity contribution in [2.24, 2.45) is 0 Å². The van der Waals surface area contributed by atoms with Gasteiger partial charge in [0.25, 0.3) is 0 Å². The predicted octanol–water partition coefficient (Wildman–Crippen LogP) is 2.41. The Labute approximate surface area is 102 Å². The minimum absolute atomic E-state index is 0.178. The van der Waals surface area contributed by atoms with Gasteiger partial charge in [-0.15, -0.1) is 0 Å². The van der Waals surface area contributed by atoms with Crippen LogP contribution in [0.15, 0.2) is 18.2 Å². The van der Waals surface area contributed by atoms with E-state index in [1.54, 1.807) is 19.1 Å². The Balaban J connectivity index is 2.83. The van der Waals surface area contributed by atoms with Gasteiger partial charge in [0, 0.05) is 11.6 Å². The molecule has 1 amide bonds. The zero-order valence-electron chi connectivity index (χ0n) is 9.09. The number of carbonyl (C=O) groups is 1. The topological polar surface area (TPSA) is 38.3 Å². The zero-order valence-corrected chi connectivity index (χ0v) is 10.7. The number of ether oxygens (including phenoxy) is 1. The summed E-state index contributed by atoms with van der Waals surface area (Å²) < 4.78 is 18.5. The largest absolute Gasteiger partial charge is 0.497 e. The van der Waals surface area contributed by atoms with Crippen molar-refractivity contribution >= 4 is 21.8 Å². The van der Waals surface area contributed by atoms with Gasteiger partial charge in [-0.3, -0.25) is 4.79 Å². The van der Waals surface area contributed by atoms with Gasteiger partial charge < -0.3 is 10.1 Å². The van der Waals surface area contributed by atoms with Crippen molar-refractivity contribution in [1.82, 2.24) is 5.32 Å². The van der Waals surface area contributed by atoms with E-state index >= 15 is 0 Å². The summed E-state index contributed by atoms with van der Waals surface area (Å²) in [6.07, 6.45) is 0. The first-order valence-corrected chi connectivity index (χ1v) is 5.89. The van der Waals surface area contributed by atoms with Crippen LogP contribution in [0.1, 0.15) is 18.5 Å². The van der Waals surface area contributed by atoms with Gasteiger partial charge >= 0.3 is 0 Å². The van der Waals surface area contributed by atoms with Crippen molar-refractivity contribution in [2.75, 3.05) is 12.4 Å². The van der Waals surface area contributed by atoms with E-state index < -0.39 is 0 Å². The summed E-state index contributed by atoms with van der Waals surface area (Å²) in [4.78, 5) is 11.1. The number of nitrogens with one attached hydrogen (secondary N) is 1. The number of halogens is 2. The molecule has 1 aromatic rings. The van der Waals surface area contributed by atoms with Gasteiger partial charge in [0.05, 0.1) is 18.5 Å². The summed E-state index contributed by atoms with van der Waals surface area (Å²) in [7, 11) is 1.48. The second-order valence-electron chi connectivity index (χ2n) is 3.31. The number of benzene rings is 1. The highest BCUT2D eigenvalue weighted by Crippen LogP contribution is 2.21. The van der Waals surface area contributed by atoms with Crippen LogP contribution in [0.4, 0.5) is 4.39 Å². The standard InChI is InChI=1S/C11H13BrFNO2/c1-7(14-11(15)6-12)9-4-3-8(16-2)5-10(9)13/h3-5,7H,6H2,1-2H3,(H,14,15). The Morgan fingerprint density at radius 2 is 2.31 bits per heavy atom. The average molecular weight is 290 g/mol. The minimum atomic E-state index is -0.387. The highest BCUT2D eigenvalue weighted by molar-refractivity contribution is 9.09. The number of rotatable bonds is 4. The minimum Gasteiger partial charge on any atom is -0.497 e. The van der Waals surface area contributed by atoms with E-state index in [4.69, 9.17) is 4.74 Å². The summed E-state index contributed by atoms with van der Waals surface area (Å²) in [5, 5.41) is 2.86. The first kappa shape index (κ1) is 13.0. The lowest BCUT2D eigenvalue weighted by Gasteiger charge is -2.14. The van der Waals surface area contributed by atoms with E-state index in [2.05, 4.69) is 21.2 Å². The molecule has 0 fully saturated rings. The monoisotopic (exact) mass is 289 g/mol. The molecular weight excluding hydrogens is 277 g/mol. The van der Waals surface area contributed by atoms with Crippen LogP contribution in [-0.2, 0) is 4.79 Å². The van der Waals surface area contributed by atoms with E-state index in [-0.39, 0.29) is 23.1 Å². The molecule has 0 bridgehead atoms. The molecule has 1 rings (SSSR count). The van der Waals surface area contributed by atoms with Gasteiger partial charge in [-0.2, -0.15) is 0 Å². The quantitative estimate of drug-likeness (QED) is 0.865. The predicted molar refractivity (Wildman–Crippen MR) is 63.3 cm³/mol. The summed E-state index contributed by atoms with van der Waals surface area (Å²) in [6, 6.07) is 4.20. The van der Waals surface area contributed by atoms with Gasteiger partial charge in [-0.1, -0.05) is 22.0 Å². The number of hydrogen-bond donors (Lipinski definition) is 1. The molecule has 1 unspecified atom stereocenters. The van der Waals surface area contributed by atoms with Crippen molar-refractivity contribution in [1.29, 1.82) is 0 Å². The van der Waals surface area contributed by atoms with Crippen LogP contribution in [0.25, 0.3) is 0 Å². The van der Waals surface area contributed by atoms with E-state index in [9.17, 15) is 9.18 Å². The summed E-state index contributed by atoms with van der Waals surface area (Å²) in [5.41, 5.74) is 0.440. The number of amides is 1. The number of methoxy groups -OCH3 is 1. The average Bonchev–Trinajstić information content (AvgIpc) is 2.28. The Hall–Kier alpha value is -1.10. The molecule has 1 aromatic carbocycles. The summed E-state index contributed by atoms with van der Waals surface area (Å²) >= 11 is 3.03. The molecule has 0 heterocycles. The van der Waals surface area contributed by atoms with E-state index in [0.29, 0.717) is 11.3 Å². The molecule has 16 heavy (non-hydrogen) atoms. The van der Waals surface area contributed by atoms with Gasteiger partial charge in [0.1, 0.15) is 11.6 Å². The molecule has 0 saturated heterocycles. The normalized spacial score (nSPS) is 12.0. The lowest BCUT2D eigenvalue weighted by atomic mass is 10.1. The molecule has 3 nitrogen and oxygen atoms in total. The Bertz CT molecular complexity index is 384. The van der Waals surface area contributed by atoms with Crippen LogP contribution >= 0.6 is 15.9 Å². The zero-order chi connectivity index (χ0) is 12.1. The third-order valence-corrected chi connectivity index (χ3v) is 2.68. The molecule has 5 heteroatoms. The first-order valence-electron chi connectivity index (χ1n) is 4.77. The third-order valence-electron chi connectivity index (χ3n) is 2.17. The van der Waals surface area contributed by atoms with Crippen molar-refractivity contribution in [3.05, 3.63) is 29.6 Å². The molecule has 1 atom stereocenters. The van der Waals surface area contributed by atoms with E-state index in [0.717, 1.165) is 0 Å². The highest BCUT2D eigenvalue weighted by Gasteiger charge is 2.13. The lowest BCUT2D eigenvalue weighted by molar-refractivity contribution is -0.119. The lowest BCUT2D eigenvalue weighted by Crippen LogP contribution is -2.27. The number of alkyl halides is 1. The fourth-order valence-corrected chi connectivity index (χ4v) is 1.51. The first-order chi connectivity index (χ1) is 7.58. The van der Waals surface area contributed by atoms with Crippen molar-refractivity contribution in [2.45, 2.75) is 13.0 Å². The Morgan fingerprint density at radius 1 is 1.62 bits per heavy atom. The molecule has 0 aromatic heterocycles. The fourth-order valence-electron chi connectivity index (χ4n) is 1.34. The second kappa shape index (κ2) is 5.84. The van der Waals surface area contributed by atoms with Gasteiger partial charge in [0.2, 0.25) is 5.91 Å². The molecule has 88 valence electrons. The molecule has 0 aliphatic carbocycles. The molecule has 0 saturated carbocycles. The van der Waals surface area contributed by atoms with Gasteiger partial charge in [0.15, 0.2) is 0 Å². The van der Waals surface area contributed by atoms with Gasteiger partial charge in [-0.05, 0) is 13.0 Å². The van der Waals surface area contributed by atoms with Crippen LogP contribution in [0, 0.1) is 5.82 Å². The maximum Gasteiger partial charge on any atom is 0.231 e. The van der Waals surface area contributed by atoms with Crippen LogP contribution in [0.2, 0.25) is 0 Å². The van der Waals surface area contributed by atoms with Crippen LogP contribution in [-0.4, -0.2) is 18.3 Å². The van der Waals surface area contributed by atoms with Crippen LogP contribution < -0.4 is 10.1 Å². The Kier molecular flexibility index (Phi) is 4.73. The van der Waals surface area contributed by atoms with Crippen molar-refractivity contribution in [3.8, 4) is 5.75 Å². The maximum atomic E-state index is 13.6. The molecular formula is C11H13BrFNO2. The van der Waals surface area contributed by atoms with E-state index in [1.165, 1.54) is 13.2 Å². The second-order valence-corrected chi connectivity index (χ2v) is 3.87. The van der Waals surface area contributed by atoms with Crippen LogP contribution in [0.3, 0.4) is 0 Å². The molecule has 0 radical (unpaired) electrons. The third kappa shape index (κ3) is 3.20. The highest BCUT2D eigenvalue weighted by atomic mass is 79.9. The van der Waals surface area contributed by atoms with E-state index in [1.807, 2.05) is 0 Å². The SMILES string of the molecule is COc1ccc(C(C)NC(=O)CBr)c(F)c1. The Morgan fingerprint density at radius 3 is 2.81 bits per heavy atom. The summed E-state index contributed by atoms with van der Waals surface area (Å²) in [5.74, 6) is -0.107. The van der Waals surface area contributed by atoms with Crippen molar-refractivity contribution < 1.29 is 13.9 Å². The van der Waals surface area contributed by atoms with Gasteiger partial charge in [-0.25, -0.2) is 4.39 Å². The molecule has 0 spiro atoms. The maximum absolute atomic E-state index is 13.6. The molecule has 0 aliphatic heterocycles. The molecule has 0 aliphatic rings.